The molecule has 128 valence electrons. The third kappa shape index (κ3) is 4.51. The number of amides is 1. The summed E-state index contributed by atoms with van der Waals surface area (Å²) in [5.74, 6) is 0.258. The fourth-order valence-electron chi connectivity index (χ4n) is 2.58. The topological polar surface area (TPSA) is 66.9 Å². The van der Waals surface area contributed by atoms with Gasteiger partial charge in [0.05, 0.1) is 24.1 Å². The average Bonchev–Trinajstić information content (AvgIpc) is 2.52. The Balaban J connectivity index is 2.24. The molecule has 1 aromatic rings. The molecule has 0 atom stereocenters. The van der Waals surface area contributed by atoms with Crippen molar-refractivity contribution in [3.63, 3.8) is 0 Å². The van der Waals surface area contributed by atoms with Crippen LogP contribution in [0.1, 0.15) is 19.3 Å². The molecule has 1 amide bonds. The molecule has 0 unspecified atom stereocenters. The Hall–Kier alpha value is -1.47. The molecule has 0 bridgehead atoms. The molecule has 0 radical (unpaired) electrons. The predicted octanol–water partition coefficient (Wildman–Crippen LogP) is 2.13. The van der Waals surface area contributed by atoms with Crippen LogP contribution in [-0.4, -0.2) is 52.2 Å². The summed E-state index contributed by atoms with van der Waals surface area (Å²) < 4.78 is 30.3. The maximum Gasteiger partial charge on any atom is 0.243 e. The lowest BCUT2D eigenvalue weighted by Gasteiger charge is -2.30. The molecule has 0 spiro atoms. The first-order chi connectivity index (χ1) is 10.8. The lowest BCUT2D eigenvalue weighted by molar-refractivity contribution is -0.130. The summed E-state index contributed by atoms with van der Waals surface area (Å²) in [7, 11) is -2.12. The average molecular weight is 361 g/mol. The molecular formula is C15H21ClN2O4S. The number of methoxy groups -OCH3 is 1. The maximum absolute atomic E-state index is 12.4. The minimum atomic E-state index is -3.60. The van der Waals surface area contributed by atoms with Crippen LogP contribution in [-0.2, 0) is 14.8 Å². The molecule has 1 aliphatic heterocycles. The van der Waals surface area contributed by atoms with E-state index < -0.39 is 10.0 Å². The van der Waals surface area contributed by atoms with Crippen molar-refractivity contribution in [1.82, 2.24) is 4.90 Å². The molecule has 0 aliphatic carbocycles. The van der Waals surface area contributed by atoms with Crippen LogP contribution in [0.2, 0.25) is 5.02 Å². The van der Waals surface area contributed by atoms with Crippen LogP contribution in [0.4, 0.5) is 5.69 Å². The van der Waals surface area contributed by atoms with E-state index in [0.717, 1.165) is 29.8 Å². The minimum absolute atomic E-state index is 0.193. The standard InChI is InChI=1S/C15H21ClN2O4S/c1-22-14-7-6-12(10-13(14)16)18(23(2,20)21)11-15(19)17-8-4-3-5-9-17/h6-7,10H,3-5,8-9,11H2,1-2H3. The van der Waals surface area contributed by atoms with Crippen LogP contribution < -0.4 is 9.04 Å². The van der Waals surface area contributed by atoms with Gasteiger partial charge in [0.25, 0.3) is 0 Å². The Morgan fingerprint density at radius 2 is 1.96 bits per heavy atom. The molecule has 2 rings (SSSR count). The van der Waals surface area contributed by atoms with Crippen LogP contribution in [0.5, 0.6) is 5.75 Å². The smallest absolute Gasteiger partial charge is 0.243 e. The number of anilines is 1. The number of carbonyl (C=O) groups excluding carboxylic acids is 1. The molecular weight excluding hydrogens is 340 g/mol. The van der Waals surface area contributed by atoms with Crippen molar-refractivity contribution in [2.75, 3.05) is 37.3 Å². The van der Waals surface area contributed by atoms with Crippen LogP contribution in [0, 0.1) is 0 Å². The van der Waals surface area contributed by atoms with E-state index in [9.17, 15) is 13.2 Å². The van der Waals surface area contributed by atoms with E-state index in [-0.39, 0.29) is 12.5 Å². The molecule has 8 heteroatoms. The first-order valence-electron chi connectivity index (χ1n) is 7.42. The summed E-state index contributed by atoms with van der Waals surface area (Å²) in [4.78, 5) is 14.1. The molecule has 0 aromatic heterocycles. The van der Waals surface area contributed by atoms with Gasteiger partial charge in [0.15, 0.2) is 0 Å². The highest BCUT2D eigenvalue weighted by molar-refractivity contribution is 7.92. The lowest BCUT2D eigenvalue weighted by Crippen LogP contribution is -2.44. The molecule has 1 saturated heterocycles. The zero-order chi connectivity index (χ0) is 17.0. The van der Waals surface area contributed by atoms with Gasteiger partial charge in [-0.05, 0) is 37.5 Å². The van der Waals surface area contributed by atoms with Gasteiger partial charge in [0, 0.05) is 13.1 Å². The number of carbonyl (C=O) groups is 1. The van der Waals surface area contributed by atoms with Gasteiger partial charge in [-0.15, -0.1) is 0 Å². The third-order valence-electron chi connectivity index (χ3n) is 3.81. The summed E-state index contributed by atoms with van der Waals surface area (Å²) in [6.07, 6.45) is 4.10. The largest absolute Gasteiger partial charge is 0.495 e. The summed E-state index contributed by atoms with van der Waals surface area (Å²) in [6, 6.07) is 4.65. The van der Waals surface area contributed by atoms with Crippen molar-refractivity contribution < 1.29 is 17.9 Å². The Morgan fingerprint density at radius 3 is 2.48 bits per heavy atom. The number of halogens is 1. The van der Waals surface area contributed by atoms with Crippen molar-refractivity contribution in [3.05, 3.63) is 23.2 Å². The number of piperidine rings is 1. The highest BCUT2D eigenvalue weighted by Crippen LogP contribution is 2.30. The fourth-order valence-corrected chi connectivity index (χ4v) is 3.67. The number of ether oxygens (including phenoxy) is 1. The number of rotatable bonds is 5. The molecule has 23 heavy (non-hydrogen) atoms. The second kappa shape index (κ2) is 7.40. The summed E-state index contributed by atoms with van der Waals surface area (Å²) in [5, 5.41) is 0.295. The van der Waals surface area contributed by atoms with E-state index in [2.05, 4.69) is 0 Å². The SMILES string of the molecule is COc1ccc(N(CC(=O)N2CCCCC2)S(C)(=O)=O)cc1Cl. The highest BCUT2D eigenvalue weighted by Gasteiger charge is 2.25. The first-order valence-corrected chi connectivity index (χ1v) is 9.64. The van der Waals surface area contributed by atoms with Gasteiger partial charge in [-0.1, -0.05) is 11.6 Å². The van der Waals surface area contributed by atoms with Gasteiger partial charge >= 0.3 is 0 Å². The summed E-state index contributed by atoms with van der Waals surface area (Å²) in [6.45, 7) is 1.14. The highest BCUT2D eigenvalue weighted by atomic mass is 35.5. The van der Waals surface area contributed by atoms with E-state index in [1.165, 1.54) is 13.2 Å². The summed E-state index contributed by atoms with van der Waals surface area (Å²) >= 11 is 6.07. The second-order valence-corrected chi connectivity index (χ2v) is 7.84. The second-order valence-electron chi connectivity index (χ2n) is 5.53. The number of nitrogens with zero attached hydrogens (tertiary/aromatic N) is 2. The molecule has 1 aliphatic rings. The van der Waals surface area contributed by atoms with Crippen molar-refractivity contribution >= 4 is 33.2 Å². The van der Waals surface area contributed by atoms with E-state index in [4.69, 9.17) is 16.3 Å². The van der Waals surface area contributed by atoms with E-state index in [0.29, 0.717) is 29.5 Å². The van der Waals surface area contributed by atoms with Crippen LogP contribution in [0.3, 0.4) is 0 Å². The van der Waals surface area contributed by atoms with Gasteiger partial charge in [-0.2, -0.15) is 0 Å². The maximum atomic E-state index is 12.4. The number of sulfonamides is 1. The number of hydrogen-bond donors (Lipinski definition) is 0. The van der Waals surface area contributed by atoms with E-state index in [1.807, 2.05) is 0 Å². The molecule has 0 N–H and O–H groups in total. The molecule has 1 heterocycles. The Bertz CT molecular complexity index is 672. The van der Waals surface area contributed by atoms with Crippen LogP contribution in [0.15, 0.2) is 18.2 Å². The Labute approximate surface area is 142 Å². The van der Waals surface area contributed by atoms with Gasteiger partial charge < -0.3 is 9.64 Å². The van der Waals surface area contributed by atoms with Crippen LogP contribution in [0.25, 0.3) is 0 Å². The van der Waals surface area contributed by atoms with Gasteiger partial charge in [0.1, 0.15) is 12.3 Å². The zero-order valence-corrected chi connectivity index (χ0v) is 14.9. The molecule has 0 saturated carbocycles. The zero-order valence-electron chi connectivity index (χ0n) is 13.3. The number of benzene rings is 1. The van der Waals surface area contributed by atoms with E-state index >= 15 is 0 Å². The molecule has 1 fully saturated rings. The number of hydrogen-bond acceptors (Lipinski definition) is 4. The monoisotopic (exact) mass is 360 g/mol. The Kier molecular flexibility index (Phi) is 5.75. The van der Waals surface area contributed by atoms with Crippen LogP contribution >= 0.6 is 11.6 Å². The minimum Gasteiger partial charge on any atom is -0.495 e. The predicted molar refractivity (Wildman–Crippen MR) is 90.6 cm³/mol. The molecule has 1 aromatic carbocycles. The van der Waals surface area contributed by atoms with Crippen molar-refractivity contribution in [2.24, 2.45) is 0 Å². The Morgan fingerprint density at radius 1 is 1.30 bits per heavy atom. The van der Waals surface area contributed by atoms with Crippen molar-refractivity contribution in [2.45, 2.75) is 19.3 Å². The van der Waals surface area contributed by atoms with Crippen molar-refractivity contribution in [1.29, 1.82) is 0 Å². The van der Waals surface area contributed by atoms with Crippen molar-refractivity contribution in [3.8, 4) is 5.75 Å². The van der Waals surface area contributed by atoms with Gasteiger partial charge in [-0.25, -0.2) is 8.42 Å². The lowest BCUT2D eigenvalue weighted by atomic mass is 10.1. The number of likely N-dealkylation sites (tertiary alicyclic amines) is 1. The fraction of sp³-hybridized carbons (Fsp3) is 0.533. The normalized spacial score (nSPS) is 15.3. The third-order valence-corrected chi connectivity index (χ3v) is 5.25. The quantitative estimate of drug-likeness (QED) is 0.806. The van der Waals surface area contributed by atoms with Gasteiger partial charge in [0.2, 0.25) is 15.9 Å². The van der Waals surface area contributed by atoms with Gasteiger partial charge in [-0.3, -0.25) is 9.10 Å². The summed E-state index contributed by atoms with van der Waals surface area (Å²) in [5.41, 5.74) is 0.351. The first kappa shape index (κ1) is 17.9. The molecule has 6 nitrogen and oxygen atoms in total. The van der Waals surface area contributed by atoms with E-state index in [1.54, 1.807) is 17.0 Å².